The van der Waals surface area contributed by atoms with E-state index in [1.54, 1.807) is 0 Å². The first-order valence-corrected chi connectivity index (χ1v) is 12.8. The van der Waals surface area contributed by atoms with E-state index in [0.29, 0.717) is 18.5 Å². The molecule has 0 aromatic heterocycles. The summed E-state index contributed by atoms with van der Waals surface area (Å²) in [4.78, 5) is 32.4. The normalized spacial score (nSPS) is 19.7. The lowest BCUT2D eigenvalue weighted by atomic mass is 9.91. The van der Waals surface area contributed by atoms with Gasteiger partial charge in [-0.15, -0.1) is 0 Å². The molecule has 2 heterocycles. The van der Waals surface area contributed by atoms with Gasteiger partial charge in [-0.2, -0.15) is 0 Å². The van der Waals surface area contributed by atoms with Gasteiger partial charge in [0.15, 0.2) is 0 Å². The topological polar surface area (TPSA) is 43.9 Å². The number of rotatable bonds is 9. The van der Waals surface area contributed by atoms with Crippen molar-refractivity contribution in [3.05, 3.63) is 35.9 Å². The van der Waals surface area contributed by atoms with Gasteiger partial charge < -0.3 is 14.7 Å². The third-order valence-corrected chi connectivity index (χ3v) is 7.56. The second-order valence-electron chi connectivity index (χ2n) is 9.79. The number of hydrogen-bond acceptors (Lipinski definition) is 3. The van der Waals surface area contributed by atoms with E-state index in [1.807, 2.05) is 30.1 Å². The van der Waals surface area contributed by atoms with Crippen LogP contribution in [0.15, 0.2) is 30.3 Å². The Morgan fingerprint density at radius 2 is 1.66 bits per heavy atom. The van der Waals surface area contributed by atoms with Crippen LogP contribution in [0.3, 0.4) is 0 Å². The molecule has 2 aliphatic heterocycles. The van der Waals surface area contributed by atoms with Crippen LogP contribution in [0.4, 0.5) is 0 Å². The van der Waals surface area contributed by atoms with Gasteiger partial charge in [-0.3, -0.25) is 9.59 Å². The molecule has 0 saturated carbocycles. The Labute approximate surface area is 195 Å². The molecule has 178 valence electrons. The second-order valence-corrected chi connectivity index (χ2v) is 9.79. The number of hydrogen-bond donors (Lipinski definition) is 0. The van der Waals surface area contributed by atoms with E-state index in [9.17, 15) is 9.59 Å². The minimum Gasteiger partial charge on any atom is -0.342 e. The van der Waals surface area contributed by atoms with Gasteiger partial charge in [0, 0.05) is 44.6 Å². The smallest absolute Gasteiger partial charge is 0.225 e. The fraction of sp³-hybridized carbons (Fsp3) is 0.704. The number of likely N-dealkylation sites (tertiary alicyclic amines) is 2. The van der Waals surface area contributed by atoms with Gasteiger partial charge in [0.2, 0.25) is 11.8 Å². The Hall–Kier alpha value is -1.88. The van der Waals surface area contributed by atoms with E-state index < -0.39 is 0 Å². The Bertz CT molecular complexity index is 707. The number of carbonyl (C=O) groups excluding carboxylic acids is 2. The summed E-state index contributed by atoms with van der Waals surface area (Å²) in [5.41, 5.74) is 1.18. The van der Waals surface area contributed by atoms with Crippen LogP contribution < -0.4 is 0 Å². The van der Waals surface area contributed by atoms with Gasteiger partial charge in [0.25, 0.3) is 0 Å². The molecule has 32 heavy (non-hydrogen) atoms. The zero-order chi connectivity index (χ0) is 22.9. The fourth-order valence-electron chi connectivity index (χ4n) is 5.42. The van der Waals surface area contributed by atoms with Crippen LogP contribution in [0.25, 0.3) is 0 Å². The lowest BCUT2D eigenvalue weighted by molar-refractivity contribution is -0.139. The predicted molar refractivity (Wildman–Crippen MR) is 130 cm³/mol. The summed E-state index contributed by atoms with van der Waals surface area (Å²) in [6.07, 6.45) is 8.34. The maximum atomic E-state index is 12.9. The van der Waals surface area contributed by atoms with Crippen molar-refractivity contribution < 1.29 is 9.59 Å². The highest BCUT2D eigenvalue weighted by Crippen LogP contribution is 2.26. The monoisotopic (exact) mass is 441 g/mol. The number of amides is 2. The Morgan fingerprint density at radius 1 is 1.00 bits per heavy atom. The van der Waals surface area contributed by atoms with Crippen LogP contribution in [0.1, 0.15) is 70.8 Å². The van der Waals surface area contributed by atoms with Crippen molar-refractivity contribution in [3.63, 3.8) is 0 Å². The number of unbranched alkanes of at least 4 members (excludes halogenated alkanes) is 1. The highest BCUT2D eigenvalue weighted by Gasteiger charge is 2.33. The van der Waals surface area contributed by atoms with Gasteiger partial charge in [-0.1, -0.05) is 57.0 Å². The minimum atomic E-state index is 0.144. The van der Waals surface area contributed by atoms with Gasteiger partial charge >= 0.3 is 0 Å². The molecule has 1 aromatic carbocycles. The van der Waals surface area contributed by atoms with Crippen LogP contribution >= 0.6 is 0 Å². The molecule has 2 fully saturated rings. The van der Waals surface area contributed by atoms with Crippen LogP contribution in [-0.4, -0.2) is 65.8 Å². The molecule has 2 aliphatic rings. The van der Waals surface area contributed by atoms with Crippen molar-refractivity contribution in [2.45, 2.75) is 77.8 Å². The molecule has 2 saturated heterocycles. The summed E-state index contributed by atoms with van der Waals surface area (Å²) in [6.45, 7) is 8.82. The minimum absolute atomic E-state index is 0.144. The highest BCUT2D eigenvalue weighted by atomic mass is 16.2. The van der Waals surface area contributed by atoms with Crippen molar-refractivity contribution in [2.75, 3.05) is 33.2 Å². The molecule has 0 spiro atoms. The summed E-state index contributed by atoms with van der Waals surface area (Å²) >= 11 is 0. The number of benzene rings is 1. The summed E-state index contributed by atoms with van der Waals surface area (Å²) in [6, 6.07) is 10.8. The van der Waals surface area contributed by atoms with Crippen LogP contribution in [0.2, 0.25) is 0 Å². The quantitative estimate of drug-likeness (QED) is 0.564. The van der Waals surface area contributed by atoms with E-state index >= 15 is 0 Å². The van der Waals surface area contributed by atoms with Crippen LogP contribution in [0.5, 0.6) is 0 Å². The van der Waals surface area contributed by atoms with Gasteiger partial charge in [-0.05, 0) is 57.2 Å². The Morgan fingerprint density at radius 3 is 2.25 bits per heavy atom. The zero-order valence-electron chi connectivity index (χ0n) is 20.5. The first kappa shape index (κ1) is 24.8. The highest BCUT2D eigenvalue weighted by molar-refractivity contribution is 5.79. The Balaban J connectivity index is 1.41. The van der Waals surface area contributed by atoms with Crippen molar-refractivity contribution in [3.8, 4) is 0 Å². The average molecular weight is 442 g/mol. The zero-order valence-corrected chi connectivity index (χ0v) is 20.5. The molecule has 5 heteroatoms. The molecule has 3 rings (SSSR count). The first-order chi connectivity index (χ1) is 15.5. The summed E-state index contributed by atoms with van der Waals surface area (Å²) in [5, 5.41) is 0. The van der Waals surface area contributed by atoms with Crippen LogP contribution in [0, 0.1) is 11.8 Å². The number of carbonyl (C=O) groups is 2. The third-order valence-electron chi connectivity index (χ3n) is 7.56. The summed E-state index contributed by atoms with van der Waals surface area (Å²) < 4.78 is 0. The van der Waals surface area contributed by atoms with Gasteiger partial charge in [-0.25, -0.2) is 0 Å². The largest absolute Gasteiger partial charge is 0.342 e. The maximum Gasteiger partial charge on any atom is 0.225 e. The number of piperidine rings is 2. The first-order valence-electron chi connectivity index (χ1n) is 12.8. The SMILES string of the molecule is CCCC[C@H](CC)C(=O)N1CCC(N2CCC(C(=O)N(C)Cc3ccccc3)CC2)CC1. The van der Waals surface area contributed by atoms with E-state index in [-0.39, 0.29) is 17.7 Å². The summed E-state index contributed by atoms with van der Waals surface area (Å²) in [5.74, 6) is 1.02. The van der Waals surface area contributed by atoms with E-state index in [2.05, 4.69) is 35.8 Å². The van der Waals surface area contributed by atoms with Gasteiger partial charge in [0.1, 0.15) is 0 Å². The summed E-state index contributed by atoms with van der Waals surface area (Å²) in [7, 11) is 1.93. The second kappa shape index (κ2) is 12.4. The van der Waals surface area contributed by atoms with Crippen molar-refractivity contribution in [1.82, 2.24) is 14.7 Å². The molecule has 5 nitrogen and oxygen atoms in total. The van der Waals surface area contributed by atoms with Gasteiger partial charge in [0.05, 0.1) is 0 Å². The molecular formula is C27H43N3O2. The predicted octanol–water partition coefficient (Wildman–Crippen LogP) is 4.56. The molecule has 0 unspecified atom stereocenters. The molecular weight excluding hydrogens is 398 g/mol. The molecule has 1 aromatic rings. The van der Waals surface area contributed by atoms with E-state index in [1.165, 1.54) is 5.56 Å². The molecule has 2 amide bonds. The lowest BCUT2D eigenvalue weighted by Crippen LogP contribution is -2.51. The average Bonchev–Trinajstić information content (AvgIpc) is 2.84. The number of nitrogens with zero attached hydrogens (tertiary/aromatic N) is 3. The van der Waals surface area contributed by atoms with E-state index in [4.69, 9.17) is 0 Å². The fourth-order valence-corrected chi connectivity index (χ4v) is 5.42. The lowest BCUT2D eigenvalue weighted by Gasteiger charge is -2.42. The molecule has 0 N–H and O–H groups in total. The molecule has 0 bridgehead atoms. The van der Waals surface area contributed by atoms with Crippen molar-refractivity contribution in [2.24, 2.45) is 11.8 Å². The van der Waals surface area contributed by atoms with E-state index in [0.717, 1.165) is 77.5 Å². The standard InChI is InChI=1S/C27H43N3O2/c1-4-6-12-23(5-2)27(32)30-19-15-25(16-20-30)29-17-13-24(14-18-29)26(31)28(3)21-22-10-8-7-9-11-22/h7-11,23-25H,4-6,12-21H2,1-3H3/t23-/m0/s1. The molecule has 0 aliphatic carbocycles. The van der Waals surface area contributed by atoms with Crippen molar-refractivity contribution in [1.29, 1.82) is 0 Å². The maximum absolute atomic E-state index is 12.9. The third kappa shape index (κ3) is 6.57. The molecule has 1 atom stereocenters. The Kier molecular flexibility index (Phi) is 9.58. The van der Waals surface area contributed by atoms with Crippen LogP contribution in [-0.2, 0) is 16.1 Å². The molecule has 0 radical (unpaired) electrons. The van der Waals surface area contributed by atoms with Crippen molar-refractivity contribution >= 4 is 11.8 Å².